The summed E-state index contributed by atoms with van der Waals surface area (Å²) in [6.07, 6.45) is 4.12. The van der Waals surface area contributed by atoms with Gasteiger partial charge in [0.1, 0.15) is 5.92 Å². The Balaban J connectivity index is 1.95. The second kappa shape index (κ2) is 5.68. The summed E-state index contributed by atoms with van der Waals surface area (Å²) in [6.45, 7) is 2.37. The van der Waals surface area contributed by atoms with Crippen molar-refractivity contribution in [3.8, 4) is 6.07 Å². The predicted octanol–water partition coefficient (Wildman–Crippen LogP) is 2.34. The minimum absolute atomic E-state index is 0.166. The summed E-state index contributed by atoms with van der Waals surface area (Å²) < 4.78 is 0. The first kappa shape index (κ1) is 12.6. The number of nitrogens with zero attached hydrogens (tertiary/aromatic N) is 1. The van der Waals surface area contributed by atoms with Gasteiger partial charge in [-0.15, -0.1) is 0 Å². The average Bonchev–Trinajstić information content (AvgIpc) is 2.85. The van der Waals surface area contributed by atoms with Crippen LogP contribution in [0.3, 0.4) is 0 Å². The third-order valence-corrected chi connectivity index (χ3v) is 3.51. The van der Waals surface area contributed by atoms with Crippen LogP contribution in [0.5, 0.6) is 0 Å². The summed E-state index contributed by atoms with van der Waals surface area (Å²) in [5.41, 5.74) is 3.97. The van der Waals surface area contributed by atoms with E-state index in [2.05, 4.69) is 23.5 Å². The fourth-order valence-electron chi connectivity index (χ4n) is 2.38. The Bertz CT molecular complexity index is 488. The summed E-state index contributed by atoms with van der Waals surface area (Å²) in [5, 5.41) is 11.6. The highest BCUT2D eigenvalue weighted by molar-refractivity contribution is 5.80. The Morgan fingerprint density at radius 2 is 2.22 bits per heavy atom. The van der Waals surface area contributed by atoms with Gasteiger partial charge in [-0.3, -0.25) is 4.79 Å². The van der Waals surface area contributed by atoms with Crippen LogP contribution in [0.25, 0.3) is 0 Å². The van der Waals surface area contributed by atoms with E-state index in [1.807, 2.05) is 13.0 Å². The van der Waals surface area contributed by atoms with Crippen molar-refractivity contribution in [2.24, 2.45) is 5.92 Å². The third kappa shape index (κ3) is 2.70. The number of carbonyl (C=O) groups is 1. The number of rotatable bonds is 4. The highest BCUT2D eigenvalue weighted by atomic mass is 16.1. The summed E-state index contributed by atoms with van der Waals surface area (Å²) >= 11 is 0. The van der Waals surface area contributed by atoms with Gasteiger partial charge in [0.2, 0.25) is 5.91 Å². The number of fused-ring (bicyclic) bond motifs is 1. The maximum atomic E-state index is 11.7. The van der Waals surface area contributed by atoms with E-state index < -0.39 is 5.92 Å². The molecule has 1 unspecified atom stereocenters. The molecule has 0 aromatic heterocycles. The molecule has 0 fully saturated rings. The maximum Gasteiger partial charge on any atom is 0.237 e. The van der Waals surface area contributed by atoms with Crippen molar-refractivity contribution in [2.75, 3.05) is 0 Å². The van der Waals surface area contributed by atoms with Crippen LogP contribution in [-0.4, -0.2) is 5.91 Å². The molecular formula is C15H18N2O. The van der Waals surface area contributed by atoms with Crippen LogP contribution in [0.15, 0.2) is 18.2 Å². The van der Waals surface area contributed by atoms with Gasteiger partial charge in [-0.2, -0.15) is 5.26 Å². The molecule has 0 bridgehead atoms. The minimum atomic E-state index is -0.528. The smallest absolute Gasteiger partial charge is 0.237 e. The second-order valence-corrected chi connectivity index (χ2v) is 4.76. The van der Waals surface area contributed by atoms with E-state index in [0.717, 1.165) is 12.0 Å². The zero-order valence-electron chi connectivity index (χ0n) is 10.7. The standard InChI is InChI=1S/C15H18N2O/c1-2-12(9-16)15(18)17-10-11-6-7-13-4-3-5-14(13)8-11/h6-8,12H,2-5,10H2,1H3,(H,17,18). The van der Waals surface area contributed by atoms with Crippen LogP contribution in [-0.2, 0) is 24.2 Å². The minimum Gasteiger partial charge on any atom is -0.351 e. The normalized spacial score (nSPS) is 14.7. The fraction of sp³-hybridized carbons (Fsp3) is 0.467. The van der Waals surface area contributed by atoms with E-state index in [1.54, 1.807) is 0 Å². The first-order chi connectivity index (χ1) is 8.74. The quantitative estimate of drug-likeness (QED) is 0.881. The molecule has 0 aliphatic heterocycles. The molecule has 3 heteroatoms. The maximum absolute atomic E-state index is 11.7. The van der Waals surface area contributed by atoms with Crippen molar-refractivity contribution >= 4 is 5.91 Å². The van der Waals surface area contributed by atoms with E-state index in [0.29, 0.717) is 13.0 Å². The number of nitrogens with one attached hydrogen (secondary N) is 1. The van der Waals surface area contributed by atoms with Gasteiger partial charge in [-0.25, -0.2) is 0 Å². The van der Waals surface area contributed by atoms with Gasteiger partial charge in [0.05, 0.1) is 6.07 Å². The molecule has 0 spiro atoms. The van der Waals surface area contributed by atoms with Crippen LogP contribution in [0, 0.1) is 17.2 Å². The zero-order valence-corrected chi connectivity index (χ0v) is 10.7. The number of nitriles is 1. The SMILES string of the molecule is CCC(C#N)C(=O)NCc1ccc2c(c1)CCC2. The lowest BCUT2D eigenvalue weighted by Crippen LogP contribution is -2.29. The summed E-state index contributed by atoms with van der Waals surface area (Å²) in [5.74, 6) is -0.695. The number of carbonyl (C=O) groups excluding carboxylic acids is 1. The molecule has 1 aromatic rings. The highest BCUT2D eigenvalue weighted by Crippen LogP contribution is 2.22. The van der Waals surface area contributed by atoms with Crippen molar-refractivity contribution < 1.29 is 4.79 Å². The summed E-state index contributed by atoms with van der Waals surface area (Å²) in [6, 6.07) is 8.42. The Morgan fingerprint density at radius 3 is 2.94 bits per heavy atom. The van der Waals surface area contributed by atoms with Crippen LogP contribution in [0.4, 0.5) is 0 Å². The average molecular weight is 242 g/mol. The molecule has 18 heavy (non-hydrogen) atoms. The number of benzene rings is 1. The zero-order chi connectivity index (χ0) is 13.0. The first-order valence-corrected chi connectivity index (χ1v) is 6.52. The van der Waals surface area contributed by atoms with Gasteiger partial charge in [-0.05, 0) is 42.4 Å². The van der Waals surface area contributed by atoms with Crippen molar-refractivity contribution in [3.63, 3.8) is 0 Å². The Hall–Kier alpha value is -1.82. The highest BCUT2D eigenvalue weighted by Gasteiger charge is 2.15. The molecule has 0 saturated heterocycles. The number of amides is 1. The molecule has 0 heterocycles. The summed E-state index contributed by atoms with van der Waals surface area (Å²) in [7, 11) is 0. The molecule has 1 aromatic carbocycles. The van der Waals surface area contributed by atoms with Gasteiger partial charge < -0.3 is 5.32 Å². The van der Waals surface area contributed by atoms with Crippen molar-refractivity contribution in [3.05, 3.63) is 34.9 Å². The fourth-order valence-corrected chi connectivity index (χ4v) is 2.38. The monoisotopic (exact) mass is 242 g/mol. The molecule has 94 valence electrons. The van der Waals surface area contributed by atoms with Gasteiger partial charge in [0, 0.05) is 6.54 Å². The number of aryl methyl sites for hydroxylation is 2. The largest absolute Gasteiger partial charge is 0.351 e. The van der Waals surface area contributed by atoms with Crippen molar-refractivity contribution in [1.82, 2.24) is 5.32 Å². The van der Waals surface area contributed by atoms with Crippen LogP contribution >= 0.6 is 0 Å². The third-order valence-electron chi connectivity index (χ3n) is 3.51. The van der Waals surface area contributed by atoms with Crippen LogP contribution < -0.4 is 5.32 Å². The van der Waals surface area contributed by atoms with Crippen LogP contribution in [0.2, 0.25) is 0 Å². The topological polar surface area (TPSA) is 52.9 Å². The molecule has 1 aliphatic rings. The van der Waals surface area contributed by atoms with Crippen LogP contribution in [0.1, 0.15) is 36.5 Å². The van der Waals surface area contributed by atoms with Crippen molar-refractivity contribution in [2.45, 2.75) is 39.2 Å². The molecule has 1 amide bonds. The van der Waals surface area contributed by atoms with Gasteiger partial charge >= 0.3 is 0 Å². The van der Waals surface area contributed by atoms with E-state index >= 15 is 0 Å². The lowest BCUT2D eigenvalue weighted by molar-refractivity contribution is -0.123. The molecule has 3 nitrogen and oxygen atoms in total. The molecule has 1 aliphatic carbocycles. The predicted molar refractivity (Wildman–Crippen MR) is 69.7 cm³/mol. The van der Waals surface area contributed by atoms with Gasteiger partial charge in [0.25, 0.3) is 0 Å². The summed E-state index contributed by atoms with van der Waals surface area (Å²) in [4.78, 5) is 11.7. The first-order valence-electron chi connectivity index (χ1n) is 6.52. The lowest BCUT2D eigenvalue weighted by atomic mass is 10.1. The van der Waals surface area contributed by atoms with E-state index in [9.17, 15) is 4.79 Å². The lowest BCUT2D eigenvalue weighted by Gasteiger charge is -2.09. The molecular weight excluding hydrogens is 224 g/mol. The Labute approximate surface area is 108 Å². The number of hydrogen-bond acceptors (Lipinski definition) is 2. The molecule has 2 rings (SSSR count). The molecule has 0 saturated carbocycles. The molecule has 0 radical (unpaired) electrons. The number of hydrogen-bond donors (Lipinski definition) is 1. The molecule has 1 N–H and O–H groups in total. The van der Waals surface area contributed by atoms with E-state index in [1.165, 1.54) is 24.0 Å². The Morgan fingerprint density at radius 1 is 1.44 bits per heavy atom. The van der Waals surface area contributed by atoms with Gasteiger partial charge in [0.15, 0.2) is 0 Å². The van der Waals surface area contributed by atoms with E-state index in [4.69, 9.17) is 5.26 Å². The van der Waals surface area contributed by atoms with E-state index in [-0.39, 0.29) is 5.91 Å². The molecule has 1 atom stereocenters. The van der Waals surface area contributed by atoms with Crippen molar-refractivity contribution in [1.29, 1.82) is 5.26 Å². The Kier molecular flexibility index (Phi) is 3.99. The van der Waals surface area contributed by atoms with Gasteiger partial charge in [-0.1, -0.05) is 25.1 Å². The second-order valence-electron chi connectivity index (χ2n) is 4.76.